The third-order valence-corrected chi connectivity index (χ3v) is 5.60. The largest absolute Gasteiger partial charge is 0.365 e. The molecule has 0 radical (unpaired) electrons. The van der Waals surface area contributed by atoms with E-state index in [4.69, 9.17) is 0 Å². The van der Waals surface area contributed by atoms with Crippen molar-refractivity contribution in [3.8, 4) is 11.1 Å². The van der Waals surface area contributed by atoms with Gasteiger partial charge in [-0.1, -0.05) is 42.5 Å². The van der Waals surface area contributed by atoms with Gasteiger partial charge in [-0.2, -0.15) is 0 Å². The smallest absolute Gasteiger partial charge is 0.0449 e. The molecule has 0 saturated carbocycles. The van der Waals surface area contributed by atoms with Gasteiger partial charge in [0.1, 0.15) is 0 Å². The molecule has 2 bridgehead atoms. The van der Waals surface area contributed by atoms with Gasteiger partial charge in [0, 0.05) is 30.9 Å². The Kier molecular flexibility index (Phi) is 3.05. The second kappa shape index (κ2) is 5.24. The van der Waals surface area contributed by atoms with Crippen molar-refractivity contribution in [2.75, 3.05) is 18.0 Å². The molecule has 116 valence electrons. The molecule has 1 fully saturated rings. The van der Waals surface area contributed by atoms with E-state index in [9.17, 15) is 0 Å². The number of benzene rings is 2. The fraction of sp³-hybridized carbons (Fsp3) is 0.333. The van der Waals surface area contributed by atoms with Gasteiger partial charge in [-0.15, -0.1) is 0 Å². The fourth-order valence-corrected chi connectivity index (χ4v) is 4.37. The molecule has 1 saturated heterocycles. The van der Waals surface area contributed by atoms with Crippen LogP contribution in [-0.4, -0.2) is 25.2 Å². The first-order chi connectivity index (χ1) is 11.4. The Hall–Kier alpha value is -2.06. The molecule has 0 aromatic heterocycles. The van der Waals surface area contributed by atoms with E-state index in [-0.39, 0.29) is 0 Å². The zero-order valence-corrected chi connectivity index (χ0v) is 13.3. The Labute approximate surface area is 137 Å². The van der Waals surface area contributed by atoms with E-state index in [2.05, 4.69) is 64.8 Å². The summed E-state index contributed by atoms with van der Waals surface area (Å²) in [7, 11) is 0. The molecule has 0 spiro atoms. The number of nitrogens with one attached hydrogen (secondary N) is 1. The van der Waals surface area contributed by atoms with Crippen LogP contribution in [0.1, 0.15) is 24.0 Å². The molecule has 0 amide bonds. The lowest BCUT2D eigenvalue weighted by atomic mass is 9.98. The van der Waals surface area contributed by atoms with Crippen LogP contribution in [0.4, 0.5) is 5.69 Å². The average molecular weight is 302 g/mol. The summed E-state index contributed by atoms with van der Waals surface area (Å²) in [5, 5.41) is 3.69. The highest BCUT2D eigenvalue weighted by atomic mass is 15.2. The molecular formula is C21H22N2. The van der Waals surface area contributed by atoms with E-state index in [1.165, 1.54) is 27.9 Å². The van der Waals surface area contributed by atoms with E-state index in [1.54, 1.807) is 0 Å². The Balaban J connectivity index is 1.51. The van der Waals surface area contributed by atoms with Crippen molar-refractivity contribution in [2.24, 2.45) is 0 Å². The number of hydrogen-bond acceptors (Lipinski definition) is 2. The highest BCUT2D eigenvalue weighted by molar-refractivity contribution is 5.78. The van der Waals surface area contributed by atoms with Crippen LogP contribution in [0.3, 0.4) is 0 Å². The molecule has 2 aromatic rings. The summed E-state index contributed by atoms with van der Waals surface area (Å²) in [4.78, 5) is 2.63. The highest BCUT2D eigenvalue weighted by Gasteiger charge is 2.29. The first-order valence-electron chi connectivity index (χ1n) is 8.75. The molecule has 2 atom stereocenters. The van der Waals surface area contributed by atoms with Crippen LogP contribution < -0.4 is 10.2 Å². The minimum atomic E-state index is 0.588. The van der Waals surface area contributed by atoms with Crippen molar-refractivity contribution in [2.45, 2.75) is 31.3 Å². The molecule has 2 heteroatoms. The third-order valence-electron chi connectivity index (χ3n) is 5.60. The standard InChI is InChI=1S/C21H22N2/c1-4-8-20-15(5-1)11-16-12-18(9-10-21(16)20)23-14-17-6-2-3-7-19(23)13-22-17/h1-5,8-10,12,17,19,22H,6-7,11,13-14H2. The third kappa shape index (κ3) is 2.21. The first-order valence-corrected chi connectivity index (χ1v) is 8.75. The topological polar surface area (TPSA) is 15.3 Å². The average Bonchev–Trinajstić information content (AvgIpc) is 2.92. The highest BCUT2D eigenvalue weighted by Crippen LogP contribution is 2.39. The van der Waals surface area contributed by atoms with Crippen LogP contribution in [-0.2, 0) is 6.42 Å². The van der Waals surface area contributed by atoms with Gasteiger partial charge in [0.05, 0.1) is 0 Å². The first kappa shape index (κ1) is 13.4. The summed E-state index contributed by atoms with van der Waals surface area (Å²) in [6, 6.07) is 17.1. The van der Waals surface area contributed by atoms with Crippen molar-refractivity contribution in [3.63, 3.8) is 0 Å². The lowest BCUT2D eigenvalue weighted by molar-refractivity contribution is 0.386. The van der Waals surface area contributed by atoms with Crippen LogP contribution >= 0.6 is 0 Å². The quantitative estimate of drug-likeness (QED) is 0.689. The summed E-state index contributed by atoms with van der Waals surface area (Å²) in [5.74, 6) is 0. The number of fused-ring (bicyclic) bond motifs is 7. The fourth-order valence-electron chi connectivity index (χ4n) is 4.37. The van der Waals surface area contributed by atoms with Crippen LogP contribution in [0, 0.1) is 0 Å². The normalized spacial score (nSPS) is 25.0. The predicted octanol–water partition coefficient (Wildman–Crippen LogP) is 3.75. The molecule has 2 nitrogen and oxygen atoms in total. The Morgan fingerprint density at radius 2 is 1.78 bits per heavy atom. The zero-order chi connectivity index (χ0) is 15.2. The maximum Gasteiger partial charge on any atom is 0.0449 e. The summed E-state index contributed by atoms with van der Waals surface area (Å²) in [6.07, 6.45) is 8.10. The molecule has 4 aliphatic rings. The van der Waals surface area contributed by atoms with Gasteiger partial charge in [0.2, 0.25) is 0 Å². The molecule has 6 rings (SSSR count). The van der Waals surface area contributed by atoms with E-state index >= 15 is 0 Å². The lowest BCUT2D eigenvalue weighted by Gasteiger charge is -2.43. The number of nitrogens with zero attached hydrogens (tertiary/aromatic N) is 1. The van der Waals surface area contributed by atoms with Crippen molar-refractivity contribution in [1.82, 2.24) is 5.32 Å². The minimum Gasteiger partial charge on any atom is -0.365 e. The van der Waals surface area contributed by atoms with Gasteiger partial charge in [0.15, 0.2) is 0 Å². The number of rotatable bonds is 1. The van der Waals surface area contributed by atoms with E-state index in [0.717, 1.165) is 32.4 Å². The van der Waals surface area contributed by atoms with Crippen molar-refractivity contribution in [1.29, 1.82) is 0 Å². The van der Waals surface area contributed by atoms with Crippen molar-refractivity contribution >= 4 is 5.69 Å². The number of anilines is 1. The van der Waals surface area contributed by atoms with Gasteiger partial charge in [-0.25, -0.2) is 0 Å². The van der Waals surface area contributed by atoms with E-state index < -0.39 is 0 Å². The predicted molar refractivity (Wildman–Crippen MR) is 96.0 cm³/mol. The molecular weight excluding hydrogens is 280 g/mol. The summed E-state index contributed by atoms with van der Waals surface area (Å²) in [6.45, 7) is 2.23. The summed E-state index contributed by atoms with van der Waals surface area (Å²) < 4.78 is 0. The Morgan fingerprint density at radius 1 is 0.913 bits per heavy atom. The van der Waals surface area contributed by atoms with Gasteiger partial charge in [0.25, 0.3) is 0 Å². The van der Waals surface area contributed by atoms with Crippen molar-refractivity contribution in [3.05, 3.63) is 65.7 Å². The summed E-state index contributed by atoms with van der Waals surface area (Å²) in [5.41, 5.74) is 7.22. The van der Waals surface area contributed by atoms with Gasteiger partial charge >= 0.3 is 0 Å². The zero-order valence-electron chi connectivity index (χ0n) is 13.3. The van der Waals surface area contributed by atoms with Crippen LogP contribution in [0.2, 0.25) is 0 Å². The number of hydrogen-bond donors (Lipinski definition) is 1. The van der Waals surface area contributed by atoms with Crippen LogP contribution in [0.5, 0.6) is 0 Å². The molecule has 1 N–H and O–H groups in total. The second-order valence-corrected chi connectivity index (χ2v) is 7.03. The molecule has 3 heterocycles. The monoisotopic (exact) mass is 302 g/mol. The summed E-state index contributed by atoms with van der Waals surface area (Å²) >= 11 is 0. The lowest BCUT2D eigenvalue weighted by Crippen LogP contribution is -2.57. The van der Waals surface area contributed by atoms with Crippen LogP contribution in [0.25, 0.3) is 11.1 Å². The molecule has 2 unspecified atom stereocenters. The maximum absolute atomic E-state index is 3.69. The Morgan fingerprint density at radius 3 is 2.78 bits per heavy atom. The van der Waals surface area contributed by atoms with Crippen molar-refractivity contribution < 1.29 is 0 Å². The molecule has 3 aliphatic heterocycles. The van der Waals surface area contributed by atoms with Gasteiger partial charge < -0.3 is 10.2 Å². The van der Waals surface area contributed by atoms with Gasteiger partial charge in [-0.3, -0.25) is 0 Å². The maximum atomic E-state index is 3.69. The number of piperazine rings is 1. The van der Waals surface area contributed by atoms with Crippen LogP contribution in [0.15, 0.2) is 54.6 Å². The second-order valence-electron chi connectivity index (χ2n) is 7.03. The van der Waals surface area contributed by atoms with Gasteiger partial charge in [-0.05, 0) is 53.6 Å². The SMILES string of the molecule is C1=CCC2CNC(C1)CN2c1ccc2c(c1)Cc1ccccc1-2. The molecule has 2 aromatic carbocycles. The van der Waals surface area contributed by atoms with E-state index in [0.29, 0.717) is 12.1 Å². The van der Waals surface area contributed by atoms with E-state index in [1.807, 2.05) is 0 Å². The molecule has 23 heavy (non-hydrogen) atoms. The minimum absolute atomic E-state index is 0.588. The Bertz CT molecular complexity index is 777. The molecule has 1 aliphatic carbocycles.